The van der Waals surface area contributed by atoms with E-state index in [-0.39, 0.29) is 12.0 Å². The predicted molar refractivity (Wildman–Crippen MR) is 64.8 cm³/mol. The molecule has 0 aliphatic carbocycles. The van der Waals surface area contributed by atoms with Gasteiger partial charge < -0.3 is 15.2 Å². The molecular formula is C12H16N4O2. The molecule has 0 aromatic carbocycles. The van der Waals surface area contributed by atoms with Crippen molar-refractivity contribution in [2.24, 2.45) is 5.41 Å². The van der Waals surface area contributed by atoms with Gasteiger partial charge in [-0.2, -0.15) is 5.26 Å². The average molecular weight is 248 g/mol. The van der Waals surface area contributed by atoms with Crippen molar-refractivity contribution in [1.82, 2.24) is 9.97 Å². The third kappa shape index (κ3) is 2.94. The molecule has 1 aromatic rings. The van der Waals surface area contributed by atoms with Crippen molar-refractivity contribution in [2.45, 2.75) is 12.8 Å². The zero-order valence-corrected chi connectivity index (χ0v) is 10.1. The lowest BCUT2D eigenvalue weighted by Gasteiger charge is -2.26. The van der Waals surface area contributed by atoms with Gasteiger partial charge in [0.15, 0.2) is 5.69 Å². The summed E-state index contributed by atoms with van der Waals surface area (Å²) in [5.41, 5.74) is 0.277. The fourth-order valence-corrected chi connectivity index (χ4v) is 2.07. The molecule has 1 atom stereocenters. The van der Waals surface area contributed by atoms with Crippen molar-refractivity contribution in [1.29, 1.82) is 5.26 Å². The Bertz CT molecular complexity index is 421. The quantitative estimate of drug-likeness (QED) is 0.790. The molecule has 0 saturated carbocycles. The summed E-state index contributed by atoms with van der Waals surface area (Å²) in [5, 5.41) is 20.9. The van der Waals surface area contributed by atoms with Crippen LogP contribution in [0.3, 0.4) is 0 Å². The number of rotatable bonds is 5. The van der Waals surface area contributed by atoms with Crippen molar-refractivity contribution < 1.29 is 9.84 Å². The summed E-state index contributed by atoms with van der Waals surface area (Å²) in [5.74, 6) is 0.637. The van der Waals surface area contributed by atoms with Gasteiger partial charge >= 0.3 is 0 Å². The minimum Gasteiger partial charge on any atom is -0.396 e. The number of aromatic nitrogens is 2. The minimum atomic E-state index is -0.0235. The van der Waals surface area contributed by atoms with Crippen LogP contribution in [-0.2, 0) is 4.74 Å². The van der Waals surface area contributed by atoms with Crippen LogP contribution in [-0.4, -0.2) is 41.4 Å². The molecule has 18 heavy (non-hydrogen) atoms. The fraction of sp³-hybridized carbons (Fsp3) is 0.583. The number of nitrogens with one attached hydrogen (secondary N) is 1. The van der Waals surface area contributed by atoms with Gasteiger partial charge in [0.1, 0.15) is 11.9 Å². The average Bonchev–Trinajstić information content (AvgIpc) is 2.87. The Kier molecular flexibility index (Phi) is 4.07. The largest absolute Gasteiger partial charge is 0.396 e. The molecule has 2 rings (SSSR count). The van der Waals surface area contributed by atoms with E-state index in [2.05, 4.69) is 15.3 Å². The molecule has 1 unspecified atom stereocenters. The Hall–Kier alpha value is -1.71. The molecular weight excluding hydrogens is 232 g/mol. The molecule has 2 heterocycles. The highest BCUT2D eigenvalue weighted by molar-refractivity contribution is 5.33. The Balaban J connectivity index is 1.94. The Morgan fingerprint density at radius 1 is 1.50 bits per heavy atom. The van der Waals surface area contributed by atoms with Crippen molar-refractivity contribution in [3.05, 3.63) is 18.1 Å². The van der Waals surface area contributed by atoms with Gasteiger partial charge in [0.2, 0.25) is 0 Å². The Labute approximate surface area is 106 Å². The highest BCUT2D eigenvalue weighted by atomic mass is 16.5. The van der Waals surface area contributed by atoms with E-state index in [0.29, 0.717) is 31.1 Å². The molecule has 0 amide bonds. The maximum Gasteiger partial charge on any atom is 0.158 e. The zero-order chi connectivity index (χ0) is 12.8. The van der Waals surface area contributed by atoms with E-state index in [0.717, 1.165) is 13.0 Å². The third-order valence-electron chi connectivity index (χ3n) is 3.24. The summed E-state index contributed by atoms with van der Waals surface area (Å²) in [6.07, 6.45) is 4.63. The molecule has 0 bridgehead atoms. The van der Waals surface area contributed by atoms with Crippen molar-refractivity contribution in [3.8, 4) is 6.07 Å². The molecule has 0 spiro atoms. The molecule has 96 valence electrons. The summed E-state index contributed by atoms with van der Waals surface area (Å²) >= 11 is 0. The molecule has 1 aromatic heterocycles. The van der Waals surface area contributed by atoms with Gasteiger partial charge in [-0.05, 0) is 12.8 Å². The molecule has 1 aliphatic heterocycles. The number of hydrogen-bond acceptors (Lipinski definition) is 6. The summed E-state index contributed by atoms with van der Waals surface area (Å²) in [6.45, 7) is 2.24. The van der Waals surface area contributed by atoms with E-state index >= 15 is 0 Å². The highest BCUT2D eigenvalue weighted by Crippen LogP contribution is 2.32. The molecule has 1 saturated heterocycles. The first kappa shape index (κ1) is 12.7. The number of anilines is 1. The summed E-state index contributed by atoms with van der Waals surface area (Å²) in [7, 11) is 0. The lowest BCUT2D eigenvalue weighted by Crippen LogP contribution is -2.31. The van der Waals surface area contributed by atoms with Crippen LogP contribution < -0.4 is 5.32 Å². The SMILES string of the molecule is N#Cc1cnc(NCC2(CCO)CCOC2)cn1. The van der Waals surface area contributed by atoms with Gasteiger partial charge in [-0.25, -0.2) is 9.97 Å². The highest BCUT2D eigenvalue weighted by Gasteiger charge is 2.34. The second kappa shape index (κ2) is 5.76. The number of aliphatic hydroxyl groups is 1. The minimum absolute atomic E-state index is 0.0235. The van der Waals surface area contributed by atoms with Gasteiger partial charge in [0.05, 0.1) is 19.0 Å². The van der Waals surface area contributed by atoms with Crippen LogP contribution in [0.5, 0.6) is 0 Å². The van der Waals surface area contributed by atoms with E-state index in [9.17, 15) is 0 Å². The normalized spacial score (nSPS) is 22.7. The molecule has 6 nitrogen and oxygen atoms in total. The van der Waals surface area contributed by atoms with Gasteiger partial charge in [-0.3, -0.25) is 0 Å². The van der Waals surface area contributed by atoms with Crippen LogP contribution in [0.15, 0.2) is 12.4 Å². The summed E-state index contributed by atoms with van der Waals surface area (Å²) in [6, 6.07) is 1.92. The molecule has 0 radical (unpaired) electrons. The number of aliphatic hydroxyl groups excluding tert-OH is 1. The maximum absolute atomic E-state index is 9.11. The topological polar surface area (TPSA) is 91.1 Å². The fourth-order valence-electron chi connectivity index (χ4n) is 2.07. The number of nitrogens with zero attached hydrogens (tertiary/aromatic N) is 3. The van der Waals surface area contributed by atoms with Crippen LogP contribution in [0.1, 0.15) is 18.5 Å². The van der Waals surface area contributed by atoms with Gasteiger partial charge in [0, 0.05) is 25.2 Å². The molecule has 1 aliphatic rings. The van der Waals surface area contributed by atoms with Crippen LogP contribution in [0.4, 0.5) is 5.82 Å². The first-order chi connectivity index (χ1) is 8.78. The van der Waals surface area contributed by atoms with Gasteiger partial charge in [0.25, 0.3) is 0 Å². The maximum atomic E-state index is 9.11. The van der Waals surface area contributed by atoms with Gasteiger partial charge in [-0.15, -0.1) is 0 Å². The predicted octanol–water partition coefficient (Wildman–Crippen LogP) is 0.549. The number of nitriles is 1. The van der Waals surface area contributed by atoms with E-state index in [1.807, 2.05) is 6.07 Å². The first-order valence-electron chi connectivity index (χ1n) is 5.93. The lowest BCUT2D eigenvalue weighted by atomic mass is 9.84. The monoisotopic (exact) mass is 248 g/mol. The van der Waals surface area contributed by atoms with Crippen LogP contribution in [0.25, 0.3) is 0 Å². The van der Waals surface area contributed by atoms with Crippen molar-refractivity contribution in [2.75, 3.05) is 31.7 Å². The zero-order valence-electron chi connectivity index (χ0n) is 10.1. The molecule has 6 heteroatoms. The first-order valence-corrected chi connectivity index (χ1v) is 5.93. The van der Waals surface area contributed by atoms with Crippen LogP contribution in [0, 0.1) is 16.7 Å². The number of ether oxygens (including phenoxy) is 1. The van der Waals surface area contributed by atoms with Crippen LogP contribution >= 0.6 is 0 Å². The van der Waals surface area contributed by atoms with Crippen molar-refractivity contribution >= 4 is 5.82 Å². The second-order valence-electron chi connectivity index (χ2n) is 4.53. The van der Waals surface area contributed by atoms with E-state index in [4.69, 9.17) is 15.1 Å². The molecule has 2 N–H and O–H groups in total. The standard InChI is InChI=1S/C12H16N4O2/c13-5-10-6-15-11(7-14-10)16-8-12(1-3-17)2-4-18-9-12/h6-7,17H,1-4,8-9H2,(H,15,16). The number of hydrogen-bond donors (Lipinski definition) is 2. The van der Waals surface area contributed by atoms with E-state index < -0.39 is 0 Å². The third-order valence-corrected chi connectivity index (χ3v) is 3.24. The summed E-state index contributed by atoms with van der Waals surface area (Å²) in [4.78, 5) is 8.05. The summed E-state index contributed by atoms with van der Waals surface area (Å²) < 4.78 is 5.41. The smallest absolute Gasteiger partial charge is 0.158 e. The Morgan fingerprint density at radius 3 is 2.94 bits per heavy atom. The van der Waals surface area contributed by atoms with Gasteiger partial charge in [-0.1, -0.05) is 0 Å². The molecule has 1 fully saturated rings. The van der Waals surface area contributed by atoms with E-state index in [1.54, 1.807) is 6.20 Å². The van der Waals surface area contributed by atoms with Crippen molar-refractivity contribution in [3.63, 3.8) is 0 Å². The van der Waals surface area contributed by atoms with E-state index in [1.165, 1.54) is 6.20 Å². The lowest BCUT2D eigenvalue weighted by molar-refractivity contribution is 0.133. The Morgan fingerprint density at radius 2 is 2.39 bits per heavy atom. The second-order valence-corrected chi connectivity index (χ2v) is 4.53. The van der Waals surface area contributed by atoms with Crippen LogP contribution in [0.2, 0.25) is 0 Å².